The Bertz CT molecular complexity index is 1190. The summed E-state index contributed by atoms with van der Waals surface area (Å²) in [4.78, 5) is 25.4. The van der Waals surface area contributed by atoms with Crippen LogP contribution in [0.15, 0.2) is 47.6 Å². The van der Waals surface area contributed by atoms with E-state index < -0.39 is 5.82 Å². The quantitative estimate of drug-likeness (QED) is 0.327. The Morgan fingerprint density at radius 2 is 1.92 bits per heavy atom. The third-order valence-corrected chi connectivity index (χ3v) is 7.06. The molecule has 0 saturated carbocycles. The van der Waals surface area contributed by atoms with Gasteiger partial charge in [0.2, 0.25) is 5.91 Å². The fourth-order valence-corrected chi connectivity index (χ4v) is 4.77. The van der Waals surface area contributed by atoms with Crippen molar-refractivity contribution in [2.75, 3.05) is 30.2 Å². The molecule has 2 N–H and O–H groups in total. The number of rotatable bonds is 12. The average molecular weight is 532 g/mol. The molecule has 2 amide bonds. The van der Waals surface area contributed by atoms with Gasteiger partial charge in [-0.25, -0.2) is 4.39 Å². The monoisotopic (exact) mass is 531 g/mol. The van der Waals surface area contributed by atoms with Gasteiger partial charge in [-0.2, -0.15) is 11.8 Å². The highest BCUT2D eigenvalue weighted by atomic mass is 32.2. The lowest BCUT2D eigenvalue weighted by Crippen LogP contribution is -2.31. The van der Waals surface area contributed by atoms with Crippen molar-refractivity contribution < 1.29 is 18.7 Å². The summed E-state index contributed by atoms with van der Waals surface area (Å²) in [7, 11) is 1.58. The van der Waals surface area contributed by atoms with E-state index >= 15 is 0 Å². The summed E-state index contributed by atoms with van der Waals surface area (Å²) in [5, 5.41) is 15.1. The first-order valence-electron chi connectivity index (χ1n) is 11.4. The van der Waals surface area contributed by atoms with Crippen molar-refractivity contribution >= 4 is 41.0 Å². The molecule has 1 atom stereocenters. The molecule has 0 aliphatic carbocycles. The molecule has 2 aromatic carbocycles. The number of aryl methyl sites for hydroxylation is 1. The lowest BCUT2D eigenvalue weighted by molar-refractivity contribution is -0.113. The van der Waals surface area contributed by atoms with Crippen LogP contribution in [-0.4, -0.2) is 51.5 Å². The molecular weight excluding hydrogens is 501 g/mol. The fraction of sp³-hybridized carbons (Fsp3) is 0.360. The minimum absolute atomic E-state index is 0.0851. The van der Waals surface area contributed by atoms with Crippen LogP contribution in [-0.2, 0) is 11.3 Å². The predicted octanol–water partition coefficient (Wildman–Crippen LogP) is 4.71. The smallest absolute Gasteiger partial charge is 0.251 e. The number of aromatic nitrogens is 3. The maximum absolute atomic E-state index is 13.5. The molecule has 3 aromatic rings. The van der Waals surface area contributed by atoms with Crippen molar-refractivity contribution in [2.45, 2.75) is 38.0 Å². The van der Waals surface area contributed by atoms with Crippen molar-refractivity contribution in [2.24, 2.45) is 0 Å². The molecule has 0 unspecified atom stereocenters. The van der Waals surface area contributed by atoms with E-state index in [1.807, 2.05) is 17.7 Å². The number of hydrogen-bond acceptors (Lipinski definition) is 7. The number of anilines is 1. The molecular formula is C25H30FN5O3S2. The molecule has 0 fully saturated rings. The van der Waals surface area contributed by atoms with Gasteiger partial charge in [-0.1, -0.05) is 17.8 Å². The largest absolute Gasteiger partial charge is 0.497 e. The number of nitrogens with zero attached hydrogens (tertiary/aromatic N) is 3. The second-order valence-corrected chi connectivity index (χ2v) is 9.85. The Balaban J connectivity index is 1.71. The summed E-state index contributed by atoms with van der Waals surface area (Å²) in [6.45, 7) is 4.34. The third kappa shape index (κ3) is 7.23. The molecule has 3 rings (SSSR count). The summed E-state index contributed by atoms with van der Waals surface area (Å²) < 4.78 is 20.6. The minimum Gasteiger partial charge on any atom is -0.497 e. The number of ether oxygens (including phenoxy) is 1. The minimum atomic E-state index is -0.410. The van der Waals surface area contributed by atoms with Crippen LogP contribution in [0.25, 0.3) is 0 Å². The van der Waals surface area contributed by atoms with Gasteiger partial charge in [-0.15, -0.1) is 10.2 Å². The van der Waals surface area contributed by atoms with Gasteiger partial charge in [-0.05, 0) is 74.2 Å². The number of nitrogens with one attached hydrogen (secondary N) is 2. The van der Waals surface area contributed by atoms with E-state index in [2.05, 4.69) is 20.8 Å². The zero-order valence-corrected chi connectivity index (χ0v) is 22.3. The highest BCUT2D eigenvalue weighted by Crippen LogP contribution is 2.25. The molecule has 0 aliphatic heterocycles. The number of benzene rings is 2. The average Bonchev–Trinajstić information content (AvgIpc) is 3.30. The van der Waals surface area contributed by atoms with E-state index in [4.69, 9.17) is 4.74 Å². The van der Waals surface area contributed by atoms with Crippen molar-refractivity contribution in [3.63, 3.8) is 0 Å². The van der Waals surface area contributed by atoms with E-state index in [1.165, 1.54) is 23.9 Å². The van der Waals surface area contributed by atoms with Gasteiger partial charge in [0.05, 0.1) is 18.9 Å². The van der Waals surface area contributed by atoms with Gasteiger partial charge in [0.15, 0.2) is 11.0 Å². The van der Waals surface area contributed by atoms with E-state index in [9.17, 15) is 14.0 Å². The first-order valence-corrected chi connectivity index (χ1v) is 13.8. The normalized spacial score (nSPS) is 11.7. The van der Waals surface area contributed by atoms with Crippen LogP contribution < -0.4 is 15.4 Å². The molecule has 1 heterocycles. The number of thioether (sulfide) groups is 2. The van der Waals surface area contributed by atoms with Gasteiger partial charge in [0.25, 0.3) is 5.91 Å². The molecule has 36 heavy (non-hydrogen) atoms. The zero-order chi connectivity index (χ0) is 26.1. The number of hydrogen-bond donors (Lipinski definition) is 2. The van der Waals surface area contributed by atoms with Gasteiger partial charge < -0.3 is 19.9 Å². The van der Waals surface area contributed by atoms with Crippen LogP contribution in [0.2, 0.25) is 0 Å². The van der Waals surface area contributed by atoms with E-state index in [-0.39, 0.29) is 23.6 Å². The van der Waals surface area contributed by atoms with Crippen molar-refractivity contribution in [3.05, 3.63) is 65.2 Å². The van der Waals surface area contributed by atoms with Gasteiger partial charge in [0.1, 0.15) is 11.6 Å². The molecule has 11 heteroatoms. The molecule has 8 nitrogen and oxygen atoms in total. The second-order valence-electron chi connectivity index (χ2n) is 7.92. The van der Waals surface area contributed by atoms with Gasteiger partial charge in [0, 0.05) is 17.8 Å². The van der Waals surface area contributed by atoms with E-state index in [0.717, 1.165) is 11.3 Å². The van der Waals surface area contributed by atoms with E-state index in [0.29, 0.717) is 40.9 Å². The van der Waals surface area contributed by atoms with Crippen LogP contribution in [0.5, 0.6) is 5.75 Å². The standard InChI is InChI=1S/C25H30FN5O3S2/c1-5-31-23(20(12-13-35-4)28-24(33)17-7-10-19(34-3)11-8-17)29-30-25(31)36-15-22(32)27-21-14-18(26)9-6-16(21)2/h6-11,14,20H,5,12-13,15H2,1-4H3,(H,27,32)(H,28,33)/t20-/m0/s1. The molecule has 0 bridgehead atoms. The van der Waals surface area contributed by atoms with Gasteiger partial charge >= 0.3 is 0 Å². The molecule has 0 aliphatic rings. The fourth-order valence-electron chi connectivity index (χ4n) is 3.49. The summed E-state index contributed by atoms with van der Waals surface area (Å²) in [6, 6.07) is 10.8. The highest BCUT2D eigenvalue weighted by molar-refractivity contribution is 7.99. The maximum Gasteiger partial charge on any atom is 0.251 e. The zero-order valence-electron chi connectivity index (χ0n) is 20.7. The molecule has 0 spiro atoms. The summed E-state index contributed by atoms with van der Waals surface area (Å²) >= 11 is 2.92. The third-order valence-electron chi connectivity index (χ3n) is 5.45. The Morgan fingerprint density at radius 1 is 1.17 bits per heavy atom. The number of amides is 2. The number of methoxy groups -OCH3 is 1. The first-order chi connectivity index (χ1) is 17.4. The van der Waals surface area contributed by atoms with E-state index in [1.54, 1.807) is 56.1 Å². The van der Waals surface area contributed by atoms with Crippen molar-refractivity contribution in [1.82, 2.24) is 20.1 Å². The Morgan fingerprint density at radius 3 is 2.58 bits per heavy atom. The lowest BCUT2D eigenvalue weighted by atomic mass is 10.1. The van der Waals surface area contributed by atoms with Crippen molar-refractivity contribution in [1.29, 1.82) is 0 Å². The predicted molar refractivity (Wildman–Crippen MR) is 142 cm³/mol. The Kier molecular flexibility index (Phi) is 10.2. The number of carbonyl (C=O) groups is 2. The summed E-state index contributed by atoms with van der Waals surface area (Å²) in [6.07, 6.45) is 2.68. The summed E-state index contributed by atoms with van der Waals surface area (Å²) in [5.74, 6) is 1.32. The molecule has 1 aromatic heterocycles. The van der Waals surface area contributed by atoms with Crippen LogP contribution in [0, 0.1) is 12.7 Å². The highest BCUT2D eigenvalue weighted by Gasteiger charge is 2.23. The van der Waals surface area contributed by atoms with Gasteiger partial charge in [-0.3, -0.25) is 9.59 Å². The maximum atomic E-state index is 13.5. The SMILES string of the molecule is CCn1c(SCC(=O)Nc2cc(F)ccc2C)nnc1[C@H](CCSC)NC(=O)c1ccc(OC)cc1. The Labute approximate surface area is 218 Å². The first kappa shape index (κ1) is 27.5. The molecule has 0 saturated heterocycles. The second kappa shape index (κ2) is 13.3. The van der Waals surface area contributed by atoms with Crippen LogP contribution >= 0.6 is 23.5 Å². The number of halogens is 1. The van der Waals surface area contributed by atoms with Crippen LogP contribution in [0.3, 0.4) is 0 Å². The summed E-state index contributed by atoms with van der Waals surface area (Å²) in [5.41, 5.74) is 1.74. The lowest BCUT2D eigenvalue weighted by Gasteiger charge is -2.19. The van der Waals surface area contributed by atoms with Crippen molar-refractivity contribution in [3.8, 4) is 5.75 Å². The number of carbonyl (C=O) groups excluding carboxylic acids is 2. The topological polar surface area (TPSA) is 98.1 Å². The van der Waals surface area contributed by atoms with Crippen LogP contribution in [0.1, 0.15) is 41.1 Å². The molecule has 192 valence electrons. The Hall–Kier alpha value is -3.05. The molecule has 0 radical (unpaired) electrons. The van der Waals surface area contributed by atoms with Crippen LogP contribution in [0.4, 0.5) is 10.1 Å².